The number of aliphatic hydroxyl groups is 1. The van der Waals surface area contributed by atoms with E-state index in [1.54, 1.807) is 12.1 Å². The van der Waals surface area contributed by atoms with Crippen molar-refractivity contribution in [2.24, 2.45) is 0 Å². The van der Waals surface area contributed by atoms with Crippen LogP contribution in [0.2, 0.25) is 0 Å². The molecule has 16 heavy (non-hydrogen) atoms. The van der Waals surface area contributed by atoms with E-state index < -0.39 is 11.6 Å². The fourth-order valence-corrected chi connectivity index (χ4v) is 1.77. The average molecular weight is 217 g/mol. The van der Waals surface area contributed by atoms with Crippen molar-refractivity contribution in [3.63, 3.8) is 0 Å². The van der Waals surface area contributed by atoms with E-state index in [4.69, 9.17) is 0 Å². The molecule has 0 saturated heterocycles. The summed E-state index contributed by atoms with van der Waals surface area (Å²) in [6.45, 7) is 1.89. The van der Waals surface area contributed by atoms with Gasteiger partial charge in [0.15, 0.2) is 0 Å². The summed E-state index contributed by atoms with van der Waals surface area (Å²) in [7, 11) is 0. The zero-order valence-corrected chi connectivity index (χ0v) is 8.86. The highest BCUT2D eigenvalue weighted by atomic mass is 16.3. The lowest BCUT2D eigenvalue weighted by Gasteiger charge is -2.16. The molecule has 0 fully saturated rings. The molecule has 2 rings (SSSR count). The van der Waals surface area contributed by atoms with E-state index in [9.17, 15) is 14.7 Å². The number of rotatable bonds is 2. The fraction of sp³-hybridized carbons (Fsp3) is 0.250. The lowest BCUT2D eigenvalue weighted by molar-refractivity contribution is -0.112. The van der Waals surface area contributed by atoms with Gasteiger partial charge in [-0.15, -0.1) is 0 Å². The number of allylic oxidation sites excluding steroid dienone is 1. The number of carbonyl (C=O) groups is 2. The van der Waals surface area contributed by atoms with Crippen molar-refractivity contribution in [2.75, 3.05) is 0 Å². The second-order valence-electron chi connectivity index (χ2n) is 3.63. The molecule has 1 N–H and O–H groups in total. The molecule has 1 heterocycles. The molecule has 82 valence electrons. The average Bonchev–Trinajstić information content (AvgIpc) is 2.32. The maximum Gasteiger partial charge on any atom is 0.252 e. The summed E-state index contributed by atoms with van der Waals surface area (Å²) in [6.07, 6.45) is 2.54. The molecule has 1 aliphatic carbocycles. The monoisotopic (exact) mass is 217 g/mol. The minimum absolute atomic E-state index is 0.0462. The van der Waals surface area contributed by atoms with Crippen molar-refractivity contribution in [1.82, 2.24) is 4.98 Å². The second-order valence-corrected chi connectivity index (χ2v) is 3.63. The molecule has 0 amide bonds. The maximum absolute atomic E-state index is 11.7. The molecule has 1 aromatic rings. The van der Waals surface area contributed by atoms with Crippen LogP contribution in [0.4, 0.5) is 0 Å². The number of aliphatic hydroxyl groups excluding tert-OH is 1. The first-order valence-electron chi connectivity index (χ1n) is 5.13. The summed E-state index contributed by atoms with van der Waals surface area (Å²) in [6, 6.07) is 3.22. The number of aromatic nitrogens is 1. The summed E-state index contributed by atoms with van der Waals surface area (Å²) in [5.41, 5.74) is 0.605. The first-order chi connectivity index (χ1) is 7.66. The number of nitrogens with zero attached hydrogens (tertiary/aromatic N) is 1. The van der Waals surface area contributed by atoms with Gasteiger partial charge in [0.2, 0.25) is 5.78 Å². The summed E-state index contributed by atoms with van der Waals surface area (Å²) in [5.74, 6) is -1.36. The van der Waals surface area contributed by atoms with Crippen LogP contribution in [-0.4, -0.2) is 21.7 Å². The van der Waals surface area contributed by atoms with E-state index in [0.29, 0.717) is 18.4 Å². The lowest BCUT2D eigenvalue weighted by atomic mass is 9.90. The van der Waals surface area contributed by atoms with Crippen molar-refractivity contribution in [3.8, 4) is 0 Å². The number of ketones is 2. The van der Waals surface area contributed by atoms with E-state index in [0.717, 1.165) is 0 Å². The highest BCUT2D eigenvalue weighted by Crippen LogP contribution is 2.28. The molecule has 1 aromatic heterocycles. The van der Waals surface area contributed by atoms with Crippen LogP contribution in [0.25, 0.3) is 5.76 Å². The maximum atomic E-state index is 11.7. The largest absolute Gasteiger partial charge is 0.507 e. The van der Waals surface area contributed by atoms with Gasteiger partial charge < -0.3 is 5.11 Å². The van der Waals surface area contributed by atoms with E-state index in [1.165, 1.54) is 6.20 Å². The third-order valence-corrected chi connectivity index (χ3v) is 2.54. The van der Waals surface area contributed by atoms with Crippen LogP contribution >= 0.6 is 0 Å². The van der Waals surface area contributed by atoms with Crippen molar-refractivity contribution in [1.29, 1.82) is 0 Å². The smallest absolute Gasteiger partial charge is 0.252 e. The van der Waals surface area contributed by atoms with Gasteiger partial charge in [-0.1, -0.05) is 13.3 Å². The van der Waals surface area contributed by atoms with Gasteiger partial charge in [-0.2, -0.15) is 0 Å². The Morgan fingerprint density at radius 3 is 2.75 bits per heavy atom. The van der Waals surface area contributed by atoms with Crippen molar-refractivity contribution >= 4 is 17.3 Å². The number of fused-ring (bicyclic) bond motifs is 1. The number of hydrogen-bond donors (Lipinski definition) is 1. The molecule has 0 spiro atoms. The lowest BCUT2D eigenvalue weighted by Crippen LogP contribution is -2.25. The number of Topliss-reactive ketones (excluding diaryl/α,β-unsaturated/α-hetero) is 2. The van der Waals surface area contributed by atoms with E-state index in [2.05, 4.69) is 4.98 Å². The Morgan fingerprint density at radius 1 is 1.31 bits per heavy atom. The van der Waals surface area contributed by atoms with Gasteiger partial charge in [-0.25, -0.2) is 0 Å². The Balaban J connectivity index is 2.64. The predicted octanol–water partition coefficient (Wildman–Crippen LogP) is 1.92. The van der Waals surface area contributed by atoms with Crippen LogP contribution in [0.3, 0.4) is 0 Å². The minimum Gasteiger partial charge on any atom is -0.507 e. The molecular formula is C12H11NO3. The molecule has 0 atom stereocenters. The van der Waals surface area contributed by atoms with Crippen LogP contribution in [0.5, 0.6) is 0 Å². The highest BCUT2D eigenvalue weighted by Gasteiger charge is 2.32. The van der Waals surface area contributed by atoms with Gasteiger partial charge in [0, 0.05) is 17.3 Å². The quantitative estimate of drug-likeness (QED) is 0.768. The van der Waals surface area contributed by atoms with Crippen molar-refractivity contribution < 1.29 is 14.7 Å². The Morgan fingerprint density at radius 2 is 2.06 bits per heavy atom. The summed E-state index contributed by atoms with van der Waals surface area (Å²) in [4.78, 5) is 27.2. The third kappa shape index (κ3) is 1.43. The first-order valence-corrected chi connectivity index (χ1v) is 5.13. The molecule has 0 unspecified atom stereocenters. The van der Waals surface area contributed by atoms with Crippen LogP contribution < -0.4 is 0 Å². The predicted molar refractivity (Wildman–Crippen MR) is 58.0 cm³/mol. The number of carbonyl (C=O) groups excluding carboxylic acids is 2. The van der Waals surface area contributed by atoms with Crippen molar-refractivity contribution in [3.05, 3.63) is 35.2 Å². The van der Waals surface area contributed by atoms with Gasteiger partial charge in [-0.3, -0.25) is 14.6 Å². The van der Waals surface area contributed by atoms with E-state index in [-0.39, 0.29) is 17.0 Å². The third-order valence-electron chi connectivity index (χ3n) is 2.54. The molecule has 0 bridgehead atoms. The minimum atomic E-state index is -0.634. The molecular weight excluding hydrogens is 206 g/mol. The SMILES string of the molecule is CCCC1=C(O)c2cccnc2C(=O)C1=O. The van der Waals surface area contributed by atoms with Crippen LogP contribution in [0.1, 0.15) is 35.8 Å². The standard InChI is InChI=1S/C12H11NO3/c1-2-4-8-10(14)7-5-3-6-13-9(7)12(16)11(8)15/h3,5-6,14H,2,4H2,1H3. The normalized spacial score (nSPS) is 15.3. The van der Waals surface area contributed by atoms with E-state index >= 15 is 0 Å². The van der Waals surface area contributed by atoms with Crippen molar-refractivity contribution in [2.45, 2.75) is 19.8 Å². The molecule has 1 aliphatic rings. The number of pyridine rings is 1. The zero-order valence-electron chi connectivity index (χ0n) is 8.86. The Hall–Kier alpha value is -1.97. The summed E-state index contributed by atoms with van der Waals surface area (Å²) >= 11 is 0. The van der Waals surface area contributed by atoms with Gasteiger partial charge in [0.05, 0.1) is 0 Å². The van der Waals surface area contributed by atoms with Crippen LogP contribution in [0, 0.1) is 0 Å². The van der Waals surface area contributed by atoms with Gasteiger partial charge in [-0.05, 0) is 18.6 Å². The zero-order chi connectivity index (χ0) is 11.7. The molecule has 0 saturated carbocycles. The second kappa shape index (κ2) is 3.89. The highest BCUT2D eigenvalue weighted by molar-refractivity contribution is 6.51. The van der Waals surface area contributed by atoms with Crippen LogP contribution in [-0.2, 0) is 4.79 Å². The first kappa shape index (κ1) is 10.5. The van der Waals surface area contributed by atoms with Gasteiger partial charge >= 0.3 is 0 Å². The molecule has 0 radical (unpaired) electrons. The Kier molecular flexibility index (Phi) is 2.56. The van der Waals surface area contributed by atoms with Gasteiger partial charge in [0.25, 0.3) is 5.78 Å². The van der Waals surface area contributed by atoms with Gasteiger partial charge in [0.1, 0.15) is 11.5 Å². The topological polar surface area (TPSA) is 67.3 Å². The Labute approximate surface area is 92.6 Å². The molecule has 0 aliphatic heterocycles. The van der Waals surface area contributed by atoms with Crippen LogP contribution in [0.15, 0.2) is 23.9 Å². The summed E-state index contributed by atoms with van der Waals surface area (Å²) in [5, 5.41) is 9.91. The number of hydrogen-bond acceptors (Lipinski definition) is 4. The fourth-order valence-electron chi connectivity index (χ4n) is 1.77. The molecule has 4 heteroatoms. The molecule has 0 aromatic carbocycles. The summed E-state index contributed by atoms with van der Waals surface area (Å²) < 4.78 is 0. The van der Waals surface area contributed by atoms with E-state index in [1.807, 2.05) is 6.92 Å². The molecule has 4 nitrogen and oxygen atoms in total. The Bertz CT molecular complexity index is 503.